The summed E-state index contributed by atoms with van der Waals surface area (Å²) < 4.78 is 5.52. The Hall–Kier alpha value is -1.83. The fourth-order valence-electron chi connectivity index (χ4n) is 1.44. The molecule has 2 heteroatoms. The van der Waals surface area contributed by atoms with E-state index in [2.05, 4.69) is 11.6 Å². The summed E-state index contributed by atoms with van der Waals surface area (Å²) >= 11 is 0. The van der Waals surface area contributed by atoms with Crippen molar-refractivity contribution < 1.29 is 4.42 Å². The molecule has 0 aliphatic heterocycles. The van der Waals surface area contributed by atoms with Crippen molar-refractivity contribution in [2.24, 2.45) is 0 Å². The number of hydrogen-bond acceptors (Lipinski definition) is 2. The van der Waals surface area contributed by atoms with Crippen LogP contribution in [-0.2, 0) is 0 Å². The van der Waals surface area contributed by atoms with Gasteiger partial charge >= 0.3 is 0 Å². The van der Waals surface area contributed by atoms with Gasteiger partial charge in [0, 0.05) is 11.1 Å². The molecule has 0 saturated carbocycles. The van der Waals surface area contributed by atoms with Crippen LogP contribution in [-0.4, -0.2) is 4.98 Å². The van der Waals surface area contributed by atoms with E-state index in [1.807, 2.05) is 44.2 Å². The first-order valence-corrected chi connectivity index (χ1v) is 4.87. The zero-order valence-corrected chi connectivity index (χ0v) is 8.95. The highest BCUT2D eigenvalue weighted by molar-refractivity contribution is 5.64. The third kappa shape index (κ3) is 1.84. The number of aryl methyl sites for hydroxylation is 1. The lowest BCUT2D eigenvalue weighted by atomic mass is 10.1. The van der Waals surface area contributed by atoms with Gasteiger partial charge in [-0.05, 0) is 13.8 Å². The van der Waals surface area contributed by atoms with Gasteiger partial charge in [0.25, 0.3) is 0 Å². The second-order valence-corrected chi connectivity index (χ2v) is 3.57. The summed E-state index contributed by atoms with van der Waals surface area (Å²) in [7, 11) is 0. The molecule has 2 aromatic rings. The minimum atomic E-state index is 0.617. The Morgan fingerprint density at radius 3 is 2.47 bits per heavy atom. The van der Waals surface area contributed by atoms with Gasteiger partial charge in [-0.2, -0.15) is 0 Å². The van der Waals surface area contributed by atoms with Crippen molar-refractivity contribution in [3.8, 4) is 11.3 Å². The van der Waals surface area contributed by atoms with E-state index in [1.165, 1.54) is 0 Å². The standard InChI is InChI=1S/C13H13NO/c1-9(2)13-14-12(10(3)15-13)11-7-5-4-6-8-11/h4-8H,1H2,2-3H3. The highest BCUT2D eigenvalue weighted by atomic mass is 16.4. The lowest BCUT2D eigenvalue weighted by molar-refractivity contribution is 0.513. The molecule has 0 aliphatic rings. The van der Waals surface area contributed by atoms with Crippen LogP contribution >= 0.6 is 0 Å². The molecular weight excluding hydrogens is 186 g/mol. The lowest BCUT2D eigenvalue weighted by Gasteiger charge is -1.94. The van der Waals surface area contributed by atoms with E-state index in [1.54, 1.807) is 0 Å². The summed E-state index contributed by atoms with van der Waals surface area (Å²) in [6.07, 6.45) is 0. The van der Waals surface area contributed by atoms with E-state index in [0.717, 1.165) is 22.6 Å². The van der Waals surface area contributed by atoms with Crippen molar-refractivity contribution in [2.75, 3.05) is 0 Å². The minimum absolute atomic E-state index is 0.617. The average Bonchev–Trinajstić information content (AvgIpc) is 2.62. The second-order valence-electron chi connectivity index (χ2n) is 3.57. The molecule has 0 aliphatic carbocycles. The van der Waals surface area contributed by atoms with Crippen molar-refractivity contribution in [3.05, 3.63) is 48.6 Å². The molecule has 0 saturated heterocycles. The third-order valence-corrected chi connectivity index (χ3v) is 2.21. The number of allylic oxidation sites excluding steroid dienone is 1. The van der Waals surface area contributed by atoms with Crippen LogP contribution in [0.15, 0.2) is 41.3 Å². The van der Waals surface area contributed by atoms with E-state index >= 15 is 0 Å². The Balaban J connectivity index is 2.50. The molecule has 15 heavy (non-hydrogen) atoms. The molecule has 0 spiro atoms. The largest absolute Gasteiger partial charge is 0.441 e. The molecule has 1 aromatic heterocycles. The van der Waals surface area contributed by atoms with Gasteiger partial charge in [0.15, 0.2) is 0 Å². The highest BCUT2D eigenvalue weighted by Gasteiger charge is 2.10. The minimum Gasteiger partial charge on any atom is -0.441 e. The molecular formula is C13H13NO. The van der Waals surface area contributed by atoms with Crippen molar-refractivity contribution in [2.45, 2.75) is 13.8 Å². The Morgan fingerprint density at radius 2 is 1.93 bits per heavy atom. The van der Waals surface area contributed by atoms with Gasteiger partial charge in [0.1, 0.15) is 11.5 Å². The molecule has 2 rings (SSSR count). The Morgan fingerprint density at radius 1 is 1.27 bits per heavy atom. The van der Waals surface area contributed by atoms with E-state index in [9.17, 15) is 0 Å². The molecule has 0 amide bonds. The summed E-state index contributed by atoms with van der Waals surface area (Å²) in [5.41, 5.74) is 2.82. The van der Waals surface area contributed by atoms with Crippen LogP contribution in [0.4, 0.5) is 0 Å². The topological polar surface area (TPSA) is 26.0 Å². The number of aromatic nitrogens is 1. The Bertz CT molecular complexity index is 482. The van der Waals surface area contributed by atoms with E-state index < -0.39 is 0 Å². The molecule has 0 bridgehead atoms. The predicted octanol–water partition coefficient (Wildman–Crippen LogP) is 3.68. The zero-order chi connectivity index (χ0) is 10.8. The first-order valence-electron chi connectivity index (χ1n) is 4.87. The van der Waals surface area contributed by atoms with Crippen LogP contribution in [0.5, 0.6) is 0 Å². The fourth-order valence-corrected chi connectivity index (χ4v) is 1.44. The molecule has 0 N–H and O–H groups in total. The number of nitrogens with zero attached hydrogens (tertiary/aromatic N) is 1. The van der Waals surface area contributed by atoms with Gasteiger partial charge in [-0.1, -0.05) is 36.9 Å². The molecule has 1 heterocycles. The van der Waals surface area contributed by atoms with Gasteiger partial charge < -0.3 is 4.42 Å². The van der Waals surface area contributed by atoms with Crippen LogP contribution in [0.3, 0.4) is 0 Å². The maximum absolute atomic E-state index is 5.52. The van der Waals surface area contributed by atoms with Gasteiger partial charge in [0.2, 0.25) is 5.89 Å². The fraction of sp³-hybridized carbons (Fsp3) is 0.154. The van der Waals surface area contributed by atoms with Crippen molar-refractivity contribution in [3.63, 3.8) is 0 Å². The summed E-state index contributed by atoms with van der Waals surface area (Å²) in [6.45, 7) is 7.62. The van der Waals surface area contributed by atoms with E-state index in [0.29, 0.717) is 5.89 Å². The van der Waals surface area contributed by atoms with Gasteiger partial charge in [0.05, 0.1) is 0 Å². The Labute approximate surface area is 89.3 Å². The van der Waals surface area contributed by atoms with Gasteiger partial charge in [-0.3, -0.25) is 0 Å². The summed E-state index contributed by atoms with van der Waals surface area (Å²) in [6, 6.07) is 10.0. The van der Waals surface area contributed by atoms with Gasteiger partial charge in [-0.25, -0.2) is 4.98 Å². The number of oxazole rings is 1. The molecule has 76 valence electrons. The number of rotatable bonds is 2. The van der Waals surface area contributed by atoms with Crippen molar-refractivity contribution in [1.29, 1.82) is 0 Å². The molecule has 0 fully saturated rings. The molecule has 1 aromatic carbocycles. The van der Waals surface area contributed by atoms with Crippen LogP contribution in [0.1, 0.15) is 18.6 Å². The van der Waals surface area contributed by atoms with Crippen LogP contribution in [0, 0.1) is 6.92 Å². The summed E-state index contributed by atoms with van der Waals surface area (Å²) in [4.78, 5) is 4.41. The zero-order valence-electron chi connectivity index (χ0n) is 8.95. The molecule has 2 nitrogen and oxygen atoms in total. The van der Waals surface area contributed by atoms with E-state index in [-0.39, 0.29) is 0 Å². The van der Waals surface area contributed by atoms with Crippen molar-refractivity contribution in [1.82, 2.24) is 4.98 Å². The maximum atomic E-state index is 5.52. The number of hydrogen-bond donors (Lipinski definition) is 0. The third-order valence-electron chi connectivity index (χ3n) is 2.21. The van der Waals surface area contributed by atoms with E-state index in [4.69, 9.17) is 4.42 Å². The predicted molar refractivity (Wildman–Crippen MR) is 61.4 cm³/mol. The summed E-state index contributed by atoms with van der Waals surface area (Å²) in [5, 5.41) is 0. The van der Waals surface area contributed by atoms with Crippen molar-refractivity contribution >= 4 is 5.57 Å². The molecule has 0 radical (unpaired) electrons. The van der Waals surface area contributed by atoms with Crippen LogP contribution in [0.2, 0.25) is 0 Å². The normalized spacial score (nSPS) is 10.3. The maximum Gasteiger partial charge on any atom is 0.221 e. The van der Waals surface area contributed by atoms with Crippen LogP contribution in [0.25, 0.3) is 16.8 Å². The Kier molecular flexibility index (Phi) is 2.42. The van der Waals surface area contributed by atoms with Gasteiger partial charge in [-0.15, -0.1) is 0 Å². The molecule has 0 atom stereocenters. The second kappa shape index (κ2) is 3.73. The lowest BCUT2D eigenvalue weighted by Crippen LogP contribution is -1.80. The molecule has 0 unspecified atom stereocenters. The quantitative estimate of drug-likeness (QED) is 0.737. The van der Waals surface area contributed by atoms with Crippen LogP contribution < -0.4 is 0 Å². The summed E-state index contributed by atoms with van der Waals surface area (Å²) in [5.74, 6) is 1.45. The smallest absolute Gasteiger partial charge is 0.221 e. The average molecular weight is 199 g/mol. The SMILES string of the molecule is C=C(C)c1nc(-c2ccccc2)c(C)o1. The highest BCUT2D eigenvalue weighted by Crippen LogP contribution is 2.25. The monoisotopic (exact) mass is 199 g/mol. The first kappa shape index (κ1) is 9.71. The first-order chi connectivity index (χ1) is 7.18. The number of benzene rings is 1.